The van der Waals surface area contributed by atoms with Crippen LogP contribution in [-0.4, -0.2) is 35.9 Å². The quantitative estimate of drug-likeness (QED) is 0.708. The van der Waals surface area contributed by atoms with Crippen LogP contribution in [0.4, 0.5) is 10.2 Å². The van der Waals surface area contributed by atoms with Gasteiger partial charge in [0.15, 0.2) is 11.6 Å². The Morgan fingerprint density at radius 1 is 1.38 bits per heavy atom. The number of halogens is 1. The van der Waals surface area contributed by atoms with Crippen LogP contribution in [0, 0.1) is 5.82 Å². The molecular formula is C14H21FN4O2. The molecule has 1 unspecified atom stereocenters. The second-order valence-corrected chi connectivity index (χ2v) is 4.54. The Balaban J connectivity index is 2.75. The Kier molecular flexibility index (Phi) is 6.58. The molecule has 1 rings (SSSR count). The van der Waals surface area contributed by atoms with E-state index in [0.717, 1.165) is 6.42 Å². The molecule has 0 aliphatic heterocycles. The van der Waals surface area contributed by atoms with Crippen LogP contribution in [-0.2, 0) is 4.79 Å². The molecule has 7 heteroatoms. The van der Waals surface area contributed by atoms with Gasteiger partial charge in [-0.05, 0) is 26.3 Å². The summed E-state index contributed by atoms with van der Waals surface area (Å²) >= 11 is 0. The predicted octanol–water partition coefficient (Wildman–Crippen LogP) is 1.30. The third-order valence-corrected chi connectivity index (χ3v) is 2.77. The summed E-state index contributed by atoms with van der Waals surface area (Å²) in [5, 5.41) is 7.86. The highest BCUT2D eigenvalue weighted by atomic mass is 19.1. The Labute approximate surface area is 123 Å². The van der Waals surface area contributed by atoms with E-state index in [1.165, 1.54) is 12.3 Å². The topological polar surface area (TPSA) is 83.1 Å². The van der Waals surface area contributed by atoms with E-state index in [1.807, 2.05) is 6.92 Å². The van der Waals surface area contributed by atoms with Crippen molar-refractivity contribution in [1.82, 2.24) is 15.6 Å². The molecule has 1 aromatic heterocycles. The van der Waals surface area contributed by atoms with Gasteiger partial charge in [0.25, 0.3) is 5.91 Å². The molecule has 0 saturated carbocycles. The molecule has 0 spiro atoms. The average Bonchev–Trinajstić information content (AvgIpc) is 2.46. The maximum absolute atomic E-state index is 14.1. The Morgan fingerprint density at radius 2 is 2.10 bits per heavy atom. The maximum Gasteiger partial charge on any atom is 0.255 e. The van der Waals surface area contributed by atoms with Crippen molar-refractivity contribution in [2.24, 2.45) is 0 Å². The summed E-state index contributed by atoms with van der Waals surface area (Å²) in [6.45, 7) is 6.30. The summed E-state index contributed by atoms with van der Waals surface area (Å²) in [5.41, 5.74) is -0.143. The molecule has 1 heterocycles. The first-order valence-electron chi connectivity index (χ1n) is 6.98. The highest BCUT2D eigenvalue weighted by Gasteiger charge is 2.20. The summed E-state index contributed by atoms with van der Waals surface area (Å²) in [4.78, 5) is 27.5. The van der Waals surface area contributed by atoms with Gasteiger partial charge in [0.2, 0.25) is 5.91 Å². The lowest BCUT2D eigenvalue weighted by atomic mass is 10.2. The van der Waals surface area contributed by atoms with E-state index in [1.54, 1.807) is 13.8 Å². The SMILES string of the molecule is CCCNC(=O)C(C)NC(=O)c1ccnc(NCC)c1F. The zero-order valence-electron chi connectivity index (χ0n) is 12.5. The molecule has 2 amide bonds. The van der Waals surface area contributed by atoms with Crippen molar-refractivity contribution in [3.05, 3.63) is 23.6 Å². The maximum atomic E-state index is 14.1. The number of nitrogens with one attached hydrogen (secondary N) is 3. The van der Waals surface area contributed by atoms with Gasteiger partial charge in [-0.15, -0.1) is 0 Å². The highest BCUT2D eigenvalue weighted by molar-refractivity contribution is 5.98. The number of nitrogens with zero attached hydrogens (tertiary/aromatic N) is 1. The second-order valence-electron chi connectivity index (χ2n) is 4.54. The first kappa shape index (κ1) is 16.9. The molecule has 0 saturated heterocycles. The number of carbonyl (C=O) groups excluding carboxylic acids is 2. The number of hydrogen-bond acceptors (Lipinski definition) is 4. The molecule has 0 aliphatic carbocycles. The third-order valence-electron chi connectivity index (χ3n) is 2.77. The number of carbonyl (C=O) groups is 2. The van der Waals surface area contributed by atoms with Crippen molar-refractivity contribution in [3.63, 3.8) is 0 Å². The first-order valence-corrected chi connectivity index (χ1v) is 6.98. The fourth-order valence-electron chi connectivity index (χ4n) is 1.65. The smallest absolute Gasteiger partial charge is 0.255 e. The van der Waals surface area contributed by atoms with Crippen LogP contribution < -0.4 is 16.0 Å². The molecular weight excluding hydrogens is 275 g/mol. The zero-order valence-corrected chi connectivity index (χ0v) is 12.5. The van der Waals surface area contributed by atoms with E-state index in [9.17, 15) is 14.0 Å². The Morgan fingerprint density at radius 3 is 2.71 bits per heavy atom. The van der Waals surface area contributed by atoms with Gasteiger partial charge in [-0.3, -0.25) is 9.59 Å². The van der Waals surface area contributed by atoms with Crippen LogP contribution in [0.15, 0.2) is 12.3 Å². The summed E-state index contributed by atoms with van der Waals surface area (Å²) in [6.07, 6.45) is 2.15. The molecule has 21 heavy (non-hydrogen) atoms. The van der Waals surface area contributed by atoms with Gasteiger partial charge in [0.1, 0.15) is 6.04 Å². The Hall–Kier alpha value is -2.18. The number of rotatable bonds is 7. The van der Waals surface area contributed by atoms with Crippen LogP contribution in [0.1, 0.15) is 37.6 Å². The summed E-state index contributed by atoms with van der Waals surface area (Å²) in [5.74, 6) is -1.65. The normalized spacial score (nSPS) is 11.6. The van der Waals surface area contributed by atoms with Gasteiger partial charge in [-0.1, -0.05) is 6.92 Å². The van der Waals surface area contributed by atoms with Gasteiger partial charge in [0, 0.05) is 19.3 Å². The minimum atomic E-state index is -0.737. The first-order chi connectivity index (χ1) is 10.0. The molecule has 0 fully saturated rings. The fourth-order valence-corrected chi connectivity index (χ4v) is 1.65. The van der Waals surface area contributed by atoms with Crippen LogP contribution >= 0.6 is 0 Å². The Bertz CT molecular complexity index is 508. The number of pyridine rings is 1. The molecule has 0 bridgehead atoms. The second kappa shape index (κ2) is 8.18. The average molecular weight is 296 g/mol. The van der Waals surface area contributed by atoms with E-state index in [4.69, 9.17) is 0 Å². The van der Waals surface area contributed by atoms with E-state index >= 15 is 0 Å². The van der Waals surface area contributed by atoms with Crippen molar-refractivity contribution >= 4 is 17.6 Å². The standard InChI is InChI=1S/C14H21FN4O2/c1-4-7-18-13(20)9(3)19-14(21)10-6-8-17-12(11(10)15)16-5-2/h6,8-9H,4-5,7H2,1-3H3,(H,16,17)(H,18,20)(H,19,21). The molecule has 0 aliphatic rings. The minimum absolute atomic E-state index is 0.0215. The highest BCUT2D eigenvalue weighted by Crippen LogP contribution is 2.14. The molecule has 0 radical (unpaired) electrons. The van der Waals surface area contributed by atoms with Gasteiger partial charge in [-0.25, -0.2) is 9.37 Å². The van der Waals surface area contributed by atoms with Crippen LogP contribution in [0.3, 0.4) is 0 Å². The van der Waals surface area contributed by atoms with Gasteiger partial charge in [0.05, 0.1) is 5.56 Å². The monoisotopic (exact) mass is 296 g/mol. The lowest BCUT2D eigenvalue weighted by molar-refractivity contribution is -0.122. The van der Waals surface area contributed by atoms with Crippen LogP contribution in [0.2, 0.25) is 0 Å². The van der Waals surface area contributed by atoms with E-state index in [2.05, 4.69) is 20.9 Å². The van der Waals surface area contributed by atoms with E-state index in [-0.39, 0.29) is 17.3 Å². The van der Waals surface area contributed by atoms with E-state index in [0.29, 0.717) is 13.1 Å². The largest absolute Gasteiger partial charge is 0.368 e. The van der Waals surface area contributed by atoms with Crippen molar-refractivity contribution in [2.75, 3.05) is 18.4 Å². The molecule has 116 valence electrons. The molecule has 6 nitrogen and oxygen atoms in total. The number of anilines is 1. The van der Waals surface area contributed by atoms with Crippen LogP contribution in [0.5, 0.6) is 0 Å². The van der Waals surface area contributed by atoms with Gasteiger partial charge < -0.3 is 16.0 Å². The van der Waals surface area contributed by atoms with Crippen LogP contribution in [0.25, 0.3) is 0 Å². The van der Waals surface area contributed by atoms with Gasteiger partial charge in [-0.2, -0.15) is 0 Å². The number of aromatic nitrogens is 1. The van der Waals surface area contributed by atoms with Crippen molar-refractivity contribution < 1.29 is 14.0 Å². The summed E-state index contributed by atoms with van der Waals surface area (Å²) in [6, 6.07) is 0.543. The molecule has 1 atom stereocenters. The summed E-state index contributed by atoms with van der Waals surface area (Å²) < 4.78 is 14.1. The third kappa shape index (κ3) is 4.70. The minimum Gasteiger partial charge on any atom is -0.368 e. The molecule has 0 aromatic carbocycles. The van der Waals surface area contributed by atoms with E-state index < -0.39 is 17.8 Å². The van der Waals surface area contributed by atoms with Crippen molar-refractivity contribution in [2.45, 2.75) is 33.2 Å². The lowest BCUT2D eigenvalue weighted by Gasteiger charge is -2.14. The van der Waals surface area contributed by atoms with Crippen molar-refractivity contribution in [3.8, 4) is 0 Å². The molecule has 1 aromatic rings. The van der Waals surface area contributed by atoms with Crippen molar-refractivity contribution in [1.29, 1.82) is 0 Å². The molecule has 3 N–H and O–H groups in total. The number of amides is 2. The zero-order chi connectivity index (χ0) is 15.8. The summed E-state index contributed by atoms with van der Waals surface area (Å²) in [7, 11) is 0. The fraction of sp³-hybridized carbons (Fsp3) is 0.500. The number of hydrogen-bond donors (Lipinski definition) is 3. The van der Waals surface area contributed by atoms with Gasteiger partial charge >= 0.3 is 0 Å². The lowest BCUT2D eigenvalue weighted by Crippen LogP contribution is -2.45. The predicted molar refractivity (Wildman–Crippen MR) is 78.6 cm³/mol.